The van der Waals surface area contributed by atoms with Gasteiger partial charge in [-0.1, -0.05) is 0 Å². The lowest BCUT2D eigenvalue weighted by Gasteiger charge is -2.21. The number of rotatable bonds is 3. The first kappa shape index (κ1) is 18.5. The maximum atomic E-state index is 10.9. The third kappa shape index (κ3) is 4.01. The fourth-order valence-corrected chi connectivity index (χ4v) is 3.64. The number of aromatic nitrogens is 4. The van der Waals surface area contributed by atoms with Crippen molar-refractivity contribution in [1.29, 1.82) is 0 Å². The Bertz CT molecular complexity index is 1090. The number of H-pyrrole nitrogens is 1. The largest absolute Gasteiger partial charge is 0.379 e. The fourth-order valence-electron chi connectivity index (χ4n) is 2.85. The predicted molar refractivity (Wildman–Crippen MR) is 110 cm³/mol. The summed E-state index contributed by atoms with van der Waals surface area (Å²) < 4.78 is 10.2. The Hall–Kier alpha value is -2.88. The Morgan fingerprint density at radius 2 is 2.14 bits per heavy atom. The average molecular weight is 396 g/mol. The predicted octanol–water partition coefficient (Wildman–Crippen LogP) is 3.07. The highest BCUT2D eigenvalue weighted by Gasteiger charge is 2.09. The number of hydrogen-bond donors (Lipinski definition) is 2. The monoisotopic (exact) mass is 396 g/mol. The van der Waals surface area contributed by atoms with Gasteiger partial charge in [-0.3, -0.25) is 14.9 Å². The highest BCUT2D eigenvalue weighted by atomic mass is 32.1. The molecule has 9 heteroatoms. The molecule has 0 atom stereocenters. The topological polar surface area (TPSA) is 96.0 Å². The molecule has 3 aromatic heterocycles. The second-order valence-corrected chi connectivity index (χ2v) is 7.21. The lowest BCUT2D eigenvalue weighted by Crippen LogP contribution is -2.32. The van der Waals surface area contributed by atoms with Gasteiger partial charge in [0.15, 0.2) is 12.1 Å². The third-order valence-corrected chi connectivity index (χ3v) is 5.25. The molecule has 28 heavy (non-hydrogen) atoms. The van der Waals surface area contributed by atoms with E-state index < -0.39 is 0 Å². The van der Waals surface area contributed by atoms with E-state index in [0.29, 0.717) is 11.5 Å². The number of morpholine rings is 1. The van der Waals surface area contributed by atoms with E-state index in [1.807, 2.05) is 30.3 Å². The molecule has 4 heterocycles. The van der Waals surface area contributed by atoms with Gasteiger partial charge in [-0.25, -0.2) is 0 Å². The number of benzene rings is 1. The van der Waals surface area contributed by atoms with Crippen LogP contribution in [0.3, 0.4) is 0 Å². The fraction of sp³-hybridized carbons (Fsp3) is 0.263. The molecular formula is C19H20N6O2S. The van der Waals surface area contributed by atoms with E-state index in [2.05, 4.69) is 36.8 Å². The Morgan fingerprint density at radius 3 is 2.89 bits per heavy atom. The molecule has 1 fully saturated rings. The number of likely N-dealkylation sites (N-methyl/N-ethyl adjacent to an activating group) is 1. The van der Waals surface area contributed by atoms with Crippen LogP contribution in [0.5, 0.6) is 0 Å². The second-order valence-electron chi connectivity index (χ2n) is 6.41. The molecule has 0 spiro atoms. The van der Waals surface area contributed by atoms with Crippen LogP contribution in [0.4, 0.5) is 11.5 Å². The van der Waals surface area contributed by atoms with Crippen molar-refractivity contribution >= 4 is 50.4 Å². The van der Waals surface area contributed by atoms with E-state index in [1.54, 1.807) is 6.20 Å². The minimum atomic E-state index is 0.480. The number of carbonyl (C=O) groups is 1. The van der Waals surface area contributed by atoms with Crippen LogP contribution in [0.2, 0.25) is 0 Å². The standard InChI is InChI=1S/C14H9N5OS.C5H11NO/c20-7-11-9-4-3-8(6-12(9)21-19-11)16-14-13-10(17-18-14)2-1-5-15-13;1-6-2-4-7-5-3-6/h1-7H,(H2,16,17,18);2-5H2,1H3. The van der Waals surface area contributed by atoms with E-state index in [9.17, 15) is 4.79 Å². The summed E-state index contributed by atoms with van der Waals surface area (Å²) in [5.41, 5.74) is 3.02. The Morgan fingerprint density at radius 1 is 1.29 bits per heavy atom. The number of anilines is 2. The molecule has 0 saturated carbocycles. The van der Waals surface area contributed by atoms with Crippen molar-refractivity contribution in [2.24, 2.45) is 0 Å². The van der Waals surface area contributed by atoms with E-state index in [1.165, 1.54) is 11.5 Å². The number of aldehydes is 1. The SMILES string of the molecule is CN1CCOCC1.O=Cc1nsc2cc(Nc3n[nH]c4cccnc34)ccc12. The van der Waals surface area contributed by atoms with Crippen LogP contribution in [-0.2, 0) is 4.74 Å². The Balaban J connectivity index is 0.000000233. The molecule has 1 aromatic carbocycles. The molecule has 8 nitrogen and oxygen atoms in total. The summed E-state index contributed by atoms with van der Waals surface area (Å²) in [6.07, 6.45) is 2.50. The highest BCUT2D eigenvalue weighted by molar-refractivity contribution is 7.13. The number of nitrogens with one attached hydrogen (secondary N) is 2. The van der Waals surface area contributed by atoms with Crippen molar-refractivity contribution < 1.29 is 9.53 Å². The van der Waals surface area contributed by atoms with Gasteiger partial charge >= 0.3 is 0 Å². The van der Waals surface area contributed by atoms with Gasteiger partial charge in [0.1, 0.15) is 11.2 Å². The normalized spacial score (nSPS) is 14.6. The van der Waals surface area contributed by atoms with E-state index in [0.717, 1.165) is 59.4 Å². The van der Waals surface area contributed by atoms with Crippen LogP contribution >= 0.6 is 11.5 Å². The van der Waals surface area contributed by atoms with Gasteiger partial charge in [0.25, 0.3) is 0 Å². The van der Waals surface area contributed by atoms with Crippen molar-refractivity contribution in [3.8, 4) is 0 Å². The van der Waals surface area contributed by atoms with Gasteiger partial charge in [-0.05, 0) is 48.9 Å². The summed E-state index contributed by atoms with van der Waals surface area (Å²) in [4.78, 5) is 17.4. The molecule has 1 aliphatic rings. The number of ether oxygens (including phenoxy) is 1. The van der Waals surface area contributed by atoms with Gasteiger partial charge in [-0.2, -0.15) is 9.47 Å². The van der Waals surface area contributed by atoms with E-state index >= 15 is 0 Å². The highest BCUT2D eigenvalue weighted by Crippen LogP contribution is 2.28. The summed E-state index contributed by atoms with van der Waals surface area (Å²) in [6.45, 7) is 4.02. The van der Waals surface area contributed by atoms with E-state index in [4.69, 9.17) is 4.74 Å². The van der Waals surface area contributed by atoms with Crippen LogP contribution in [-0.4, -0.2) is 64.1 Å². The Labute approximate surface area is 165 Å². The number of nitrogens with zero attached hydrogens (tertiary/aromatic N) is 4. The minimum absolute atomic E-state index is 0.480. The van der Waals surface area contributed by atoms with Gasteiger partial charge in [0.2, 0.25) is 0 Å². The van der Waals surface area contributed by atoms with Crippen molar-refractivity contribution in [2.45, 2.75) is 0 Å². The molecule has 144 valence electrons. The lowest BCUT2D eigenvalue weighted by atomic mass is 10.2. The molecule has 0 radical (unpaired) electrons. The minimum Gasteiger partial charge on any atom is -0.379 e. The molecule has 1 saturated heterocycles. The third-order valence-electron chi connectivity index (χ3n) is 4.43. The van der Waals surface area contributed by atoms with Gasteiger partial charge in [-0.15, -0.1) is 0 Å². The summed E-state index contributed by atoms with van der Waals surface area (Å²) in [5, 5.41) is 11.3. The zero-order valence-electron chi connectivity index (χ0n) is 15.4. The number of hydrogen-bond acceptors (Lipinski definition) is 8. The summed E-state index contributed by atoms with van der Waals surface area (Å²) in [6, 6.07) is 9.50. The van der Waals surface area contributed by atoms with Crippen LogP contribution in [0.1, 0.15) is 10.5 Å². The molecule has 0 bridgehead atoms. The lowest BCUT2D eigenvalue weighted by molar-refractivity contribution is 0.0503. The zero-order valence-corrected chi connectivity index (χ0v) is 16.2. The molecule has 2 N–H and O–H groups in total. The molecule has 0 amide bonds. The Kier molecular flexibility index (Phi) is 5.56. The van der Waals surface area contributed by atoms with E-state index in [-0.39, 0.29) is 0 Å². The molecular weight excluding hydrogens is 376 g/mol. The molecule has 5 rings (SSSR count). The summed E-state index contributed by atoms with van der Waals surface area (Å²) in [5.74, 6) is 0.671. The molecule has 0 aliphatic carbocycles. The summed E-state index contributed by atoms with van der Waals surface area (Å²) in [7, 11) is 2.11. The molecule has 1 aliphatic heterocycles. The smallest absolute Gasteiger partial charge is 0.178 e. The van der Waals surface area contributed by atoms with Crippen molar-refractivity contribution in [2.75, 3.05) is 38.7 Å². The first-order valence-electron chi connectivity index (χ1n) is 8.91. The van der Waals surface area contributed by atoms with Crippen molar-refractivity contribution in [1.82, 2.24) is 24.5 Å². The van der Waals surface area contributed by atoms with Crippen LogP contribution in [0.15, 0.2) is 36.5 Å². The molecule has 4 aromatic rings. The van der Waals surface area contributed by atoms with Crippen LogP contribution < -0.4 is 5.32 Å². The maximum Gasteiger partial charge on any atom is 0.178 e. The van der Waals surface area contributed by atoms with Crippen LogP contribution in [0, 0.1) is 0 Å². The second kappa shape index (κ2) is 8.42. The number of carbonyl (C=O) groups excluding carboxylic acids is 1. The van der Waals surface area contributed by atoms with Crippen molar-refractivity contribution in [3.63, 3.8) is 0 Å². The number of pyridine rings is 1. The van der Waals surface area contributed by atoms with Gasteiger partial charge in [0.05, 0.1) is 23.4 Å². The quantitative estimate of drug-likeness (QED) is 0.514. The van der Waals surface area contributed by atoms with Crippen LogP contribution in [0.25, 0.3) is 21.1 Å². The summed E-state index contributed by atoms with van der Waals surface area (Å²) >= 11 is 1.30. The first-order chi connectivity index (χ1) is 13.7. The van der Waals surface area contributed by atoms with Gasteiger partial charge in [0, 0.05) is 30.4 Å². The van der Waals surface area contributed by atoms with Gasteiger partial charge < -0.3 is 15.0 Å². The molecule has 0 unspecified atom stereocenters. The number of fused-ring (bicyclic) bond motifs is 2. The average Bonchev–Trinajstić information content (AvgIpc) is 3.33. The van der Waals surface area contributed by atoms with Crippen molar-refractivity contribution in [3.05, 3.63) is 42.2 Å². The zero-order chi connectivity index (χ0) is 19.3. The first-order valence-corrected chi connectivity index (χ1v) is 9.69. The number of aromatic amines is 1. The maximum absolute atomic E-state index is 10.9.